The van der Waals surface area contributed by atoms with Crippen molar-refractivity contribution in [2.45, 2.75) is 5.41 Å². The summed E-state index contributed by atoms with van der Waals surface area (Å²) in [5.74, 6) is 0. The summed E-state index contributed by atoms with van der Waals surface area (Å²) in [4.78, 5) is 14.8. The molecule has 12 rings (SSSR count). The summed E-state index contributed by atoms with van der Waals surface area (Å²) in [5.41, 5.74) is 16.7. The maximum Gasteiger partial charge on any atom is 0.0970 e. The molecule has 0 atom stereocenters. The third-order valence-corrected chi connectivity index (χ3v) is 12.4. The zero-order chi connectivity index (χ0) is 38.9. The Hall–Kier alpha value is -7.75. The van der Waals surface area contributed by atoms with Crippen molar-refractivity contribution in [1.29, 1.82) is 0 Å². The van der Waals surface area contributed by atoms with Crippen LogP contribution in [0, 0.1) is 0 Å². The molecule has 0 fully saturated rings. The highest BCUT2D eigenvalue weighted by Gasteiger charge is 2.46. The molecule has 3 heterocycles. The fraction of sp³-hybridized carbons (Fsp3) is 0.0179. The van der Waals surface area contributed by atoms with Crippen molar-refractivity contribution in [3.63, 3.8) is 0 Å². The molecule has 3 nitrogen and oxygen atoms in total. The Morgan fingerprint density at radius 2 is 0.932 bits per heavy atom. The van der Waals surface area contributed by atoms with Gasteiger partial charge in [-0.25, -0.2) is 4.98 Å². The Balaban J connectivity index is 0.998. The van der Waals surface area contributed by atoms with Gasteiger partial charge < -0.3 is 0 Å². The van der Waals surface area contributed by atoms with Crippen LogP contribution >= 0.6 is 0 Å². The Morgan fingerprint density at radius 1 is 0.339 bits per heavy atom. The summed E-state index contributed by atoms with van der Waals surface area (Å²) in [7, 11) is 0. The van der Waals surface area contributed by atoms with E-state index in [9.17, 15) is 0 Å². The number of hydrogen-bond donors (Lipinski definition) is 0. The molecule has 1 aliphatic rings. The van der Waals surface area contributed by atoms with E-state index in [4.69, 9.17) is 9.97 Å². The normalized spacial score (nSPS) is 12.9. The minimum absolute atomic E-state index is 0.472. The molecule has 1 aliphatic carbocycles. The van der Waals surface area contributed by atoms with Gasteiger partial charge in [-0.1, -0.05) is 164 Å². The van der Waals surface area contributed by atoms with Gasteiger partial charge in [0.15, 0.2) is 0 Å². The van der Waals surface area contributed by atoms with Gasteiger partial charge >= 0.3 is 0 Å². The smallest absolute Gasteiger partial charge is 0.0970 e. The fourth-order valence-electron chi connectivity index (χ4n) is 9.78. The maximum atomic E-state index is 5.39. The predicted octanol–water partition coefficient (Wildman–Crippen LogP) is 13.8. The van der Waals surface area contributed by atoms with E-state index in [1.165, 1.54) is 38.8 Å². The number of hydrogen-bond acceptors (Lipinski definition) is 3. The number of nitrogens with zero attached hydrogens (tertiary/aromatic N) is 3. The van der Waals surface area contributed by atoms with Crippen LogP contribution in [-0.2, 0) is 5.41 Å². The van der Waals surface area contributed by atoms with Gasteiger partial charge in [-0.2, -0.15) is 0 Å². The Morgan fingerprint density at radius 3 is 1.68 bits per heavy atom. The molecule has 8 aromatic carbocycles. The average molecular weight is 750 g/mol. The van der Waals surface area contributed by atoms with Crippen LogP contribution in [0.5, 0.6) is 0 Å². The van der Waals surface area contributed by atoms with Crippen molar-refractivity contribution in [3.8, 4) is 44.6 Å². The SMILES string of the molecule is c1ccc(C2(c3ccccc3)c3ccccc3-c3cc4c(-c5ccc(-c6ccc(-c7cc8cccnc8c8ncccc78)cc6)cc5)nc5ccccc5c4cc32)cc1. The molecule has 0 saturated heterocycles. The molecule has 0 N–H and O–H groups in total. The molecule has 3 heteroatoms. The second-order valence-electron chi connectivity index (χ2n) is 15.5. The van der Waals surface area contributed by atoms with E-state index in [-0.39, 0.29) is 0 Å². The first-order valence-electron chi connectivity index (χ1n) is 20.2. The van der Waals surface area contributed by atoms with Crippen molar-refractivity contribution < 1.29 is 0 Å². The van der Waals surface area contributed by atoms with Gasteiger partial charge in [0, 0.05) is 39.5 Å². The van der Waals surface area contributed by atoms with Crippen LogP contribution in [0.2, 0.25) is 0 Å². The summed E-state index contributed by atoms with van der Waals surface area (Å²) in [5, 5.41) is 5.71. The monoisotopic (exact) mass is 749 g/mol. The lowest BCUT2D eigenvalue weighted by Gasteiger charge is -2.34. The third kappa shape index (κ3) is 5.05. The number of rotatable bonds is 5. The Kier molecular flexibility index (Phi) is 7.45. The van der Waals surface area contributed by atoms with Crippen LogP contribution in [0.15, 0.2) is 213 Å². The summed E-state index contributed by atoms with van der Waals surface area (Å²) >= 11 is 0. The minimum Gasteiger partial charge on any atom is -0.254 e. The predicted molar refractivity (Wildman–Crippen MR) is 243 cm³/mol. The van der Waals surface area contributed by atoms with Gasteiger partial charge in [0.05, 0.1) is 27.7 Å². The molecule has 59 heavy (non-hydrogen) atoms. The van der Waals surface area contributed by atoms with Crippen LogP contribution in [0.4, 0.5) is 0 Å². The van der Waals surface area contributed by atoms with E-state index < -0.39 is 5.41 Å². The minimum atomic E-state index is -0.472. The Labute approximate surface area is 342 Å². The van der Waals surface area contributed by atoms with Crippen molar-refractivity contribution in [2.24, 2.45) is 0 Å². The second kappa shape index (κ2) is 13.2. The highest BCUT2D eigenvalue weighted by Crippen LogP contribution is 2.57. The molecule has 0 radical (unpaired) electrons. The van der Waals surface area contributed by atoms with Gasteiger partial charge in [-0.05, 0) is 97.4 Å². The molecule has 0 aliphatic heterocycles. The van der Waals surface area contributed by atoms with Crippen molar-refractivity contribution in [3.05, 3.63) is 235 Å². The summed E-state index contributed by atoms with van der Waals surface area (Å²) in [6.45, 7) is 0. The summed E-state index contributed by atoms with van der Waals surface area (Å²) in [6.07, 6.45) is 3.68. The lowest BCUT2D eigenvalue weighted by molar-refractivity contribution is 0.769. The third-order valence-electron chi connectivity index (χ3n) is 12.4. The van der Waals surface area contributed by atoms with Gasteiger partial charge in [0.2, 0.25) is 0 Å². The fourth-order valence-corrected chi connectivity index (χ4v) is 9.78. The molecule has 3 aromatic heterocycles. The quantitative estimate of drug-likeness (QED) is 0.165. The van der Waals surface area contributed by atoms with Gasteiger partial charge in [-0.3, -0.25) is 9.97 Å². The molecule has 11 aromatic rings. The van der Waals surface area contributed by atoms with E-state index in [1.807, 2.05) is 24.5 Å². The van der Waals surface area contributed by atoms with Crippen molar-refractivity contribution in [1.82, 2.24) is 15.0 Å². The van der Waals surface area contributed by atoms with Crippen molar-refractivity contribution in [2.75, 3.05) is 0 Å². The summed E-state index contributed by atoms with van der Waals surface area (Å²) in [6, 6.07) is 72.7. The molecule has 0 unspecified atom stereocenters. The molecule has 0 saturated carbocycles. The first kappa shape index (κ1) is 33.4. The van der Waals surface area contributed by atoms with E-state index in [0.29, 0.717) is 0 Å². The lowest BCUT2D eigenvalue weighted by atomic mass is 9.67. The molecule has 0 amide bonds. The topological polar surface area (TPSA) is 38.7 Å². The number of fused-ring (bicyclic) bond motifs is 9. The zero-order valence-electron chi connectivity index (χ0n) is 32.0. The van der Waals surface area contributed by atoms with Crippen molar-refractivity contribution >= 4 is 43.5 Å². The van der Waals surface area contributed by atoms with Crippen LogP contribution in [0.25, 0.3) is 88.1 Å². The standard InChI is InChI=1S/C56H35N3/c1-3-14-41(15-4-1)56(42-16-5-2-6-17-42)50-21-9-7-18-43(50)48-34-49-47(35-51(48)56)44-19-8-10-22-52(44)59-53(49)39-29-25-37(26-30-39)36-23-27-38(28-24-36)46-33-40-13-11-31-57-54(40)55-45(46)20-12-32-58-55/h1-35H. The van der Waals surface area contributed by atoms with E-state index in [1.54, 1.807) is 0 Å². The van der Waals surface area contributed by atoms with Gasteiger partial charge in [0.25, 0.3) is 0 Å². The summed E-state index contributed by atoms with van der Waals surface area (Å²) < 4.78 is 0. The molecule has 274 valence electrons. The van der Waals surface area contributed by atoms with E-state index in [2.05, 4.69) is 193 Å². The molecular weight excluding hydrogens is 715 g/mol. The molecule has 0 spiro atoms. The Bertz CT molecular complexity index is 3370. The number of para-hydroxylation sites is 1. The molecule has 0 bridgehead atoms. The maximum absolute atomic E-state index is 5.39. The number of aromatic nitrogens is 3. The number of benzene rings is 8. The largest absolute Gasteiger partial charge is 0.254 e. The van der Waals surface area contributed by atoms with Crippen LogP contribution in [0.1, 0.15) is 22.3 Å². The molecular formula is C56H35N3. The highest BCUT2D eigenvalue weighted by atomic mass is 14.7. The van der Waals surface area contributed by atoms with Gasteiger partial charge in [0.1, 0.15) is 0 Å². The van der Waals surface area contributed by atoms with E-state index in [0.717, 1.165) is 71.6 Å². The zero-order valence-corrected chi connectivity index (χ0v) is 32.0. The van der Waals surface area contributed by atoms with Crippen LogP contribution in [0.3, 0.4) is 0 Å². The highest BCUT2D eigenvalue weighted by molar-refractivity contribution is 6.14. The average Bonchev–Trinajstić information content (AvgIpc) is 3.61. The van der Waals surface area contributed by atoms with E-state index >= 15 is 0 Å². The first-order valence-corrected chi connectivity index (χ1v) is 20.2. The lowest BCUT2D eigenvalue weighted by Crippen LogP contribution is -2.28. The van der Waals surface area contributed by atoms with Crippen LogP contribution < -0.4 is 0 Å². The second-order valence-corrected chi connectivity index (χ2v) is 15.5. The van der Waals surface area contributed by atoms with Gasteiger partial charge in [-0.15, -0.1) is 0 Å². The number of pyridine rings is 3. The first-order chi connectivity index (χ1) is 29.3. The van der Waals surface area contributed by atoms with Crippen LogP contribution in [-0.4, -0.2) is 15.0 Å².